The number of amides is 1. The summed E-state index contributed by atoms with van der Waals surface area (Å²) in [5.74, 6) is -0.953. The van der Waals surface area contributed by atoms with Crippen molar-refractivity contribution in [3.05, 3.63) is 35.4 Å². The van der Waals surface area contributed by atoms with Gasteiger partial charge in [-0.3, -0.25) is 4.79 Å². The lowest BCUT2D eigenvalue weighted by Gasteiger charge is -2.16. The van der Waals surface area contributed by atoms with Crippen LogP contribution in [-0.4, -0.2) is 46.7 Å². The molecule has 2 rings (SSSR count). The van der Waals surface area contributed by atoms with Crippen molar-refractivity contribution >= 4 is 11.9 Å². The number of rotatable bonds is 3. The standard InChI is InChI=1S/C13H15NO4/c15-8-9-5-6-14(7-9)12(16)10-1-3-11(4-2-10)13(17)18/h1-4,9,15H,5-8H2,(H,17,18). The van der Waals surface area contributed by atoms with E-state index in [9.17, 15) is 9.59 Å². The van der Waals surface area contributed by atoms with Gasteiger partial charge in [0.2, 0.25) is 0 Å². The molecule has 0 spiro atoms. The molecule has 1 aliphatic rings. The van der Waals surface area contributed by atoms with Gasteiger partial charge in [-0.1, -0.05) is 0 Å². The number of carbonyl (C=O) groups excluding carboxylic acids is 1. The largest absolute Gasteiger partial charge is 0.478 e. The van der Waals surface area contributed by atoms with Crippen molar-refractivity contribution in [1.82, 2.24) is 4.90 Å². The molecule has 96 valence electrons. The second-order valence-electron chi connectivity index (χ2n) is 4.47. The first-order valence-corrected chi connectivity index (χ1v) is 5.85. The molecule has 0 radical (unpaired) electrons. The molecule has 1 heterocycles. The van der Waals surface area contributed by atoms with Crippen LogP contribution in [0.5, 0.6) is 0 Å². The van der Waals surface area contributed by atoms with Gasteiger partial charge >= 0.3 is 5.97 Å². The van der Waals surface area contributed by atoms with Gasteiger partial charge in [-0.15, -0.1) is 0 Å². The molecule has 1 fully saturated rings. The van der Waals surface area contributed by atoms with Crippen LogP contribution in [0.4, 0.5) is 0 Å². The Bertz CT molecular complexity index is 455. The van der Waals surface area contributed by atoms with Crippen molar-refractivity contribution in [1.29, 1.82) is 0 Å². The van der Waals surface area contributed by atoms with Gasteiger partial charge in [0.25, 0.3) is 5.91 Å². The highest BCUT2D eigenvalue weighted by Gasteiger charge is 2.26. The summed E-state index contributed by atoms with van der Waals surface area (Å²) in [5, 5.41) is 17.8. The number of aliphatic hydroxyl groups is 1. The molecule has 1 aromatic carbocycles. The summed E-state index contributed by atoms with van der Waals surface area (Å²) < 4.78 is 0. The fraction of sp³-hybridized carbons (Fsp3) is 0.385. The Morgan fingerprint density at radius 3 is 2.33 bits per heavy atom. The van der Waals surface area contributed by atoms with Gasteiger partial charge < -0.3 is 15.1 Å². The topological polar surface area (TPSA) is 77.8 Å². The van der Waals surface area contributed by atoms with Crippen LogP contribution in [0.25, 0.3) is 0 Å². The average molecular weight is 249 g/mol. The third-order valence-electron chi connectivity index (χ3n) is 3.21. The second kappa shape index (κ2) is 5.18. The van der Waals surface area contributed by atoms with Crippen LogP contribution >= 0.6 is 0 Å². The summed E-state index contributed by atoms with van der Waals surface area (Å²) in [6.07, 6.45) is 0.815. The van der Waals surface area contributed by atoms with Crippen LogP contribution in [0.3, 0.4) is 0 Å². The first-order valence-electron chi connectivity index (χ1n) is 5.85. The minimum absolute atomic E-state index is 0.0989. The Morgan fingerprint density at radius 1 is 1.22 bits per heavy atom. The zero-order chi connectivity index (χ0) is 13.1. The summed E-state index contributed by atoms with van der Waals surface area (Å²) >= 11 is 0. The molecule has 5 heteroatoms. The lowest BCUT2D eigenvalue weighted by Crippen LogP contribution is -2.29. The number of carboxylic acids is 1. The molecule has 0 aromatic heterocycles. The molecule has 1 aromatic rings. The first-order chi connectivity index (χ1) is 8.61. The normalized spacial score (nSPS) is 18.9. The van der Waals surface area contributed by atoms with E-state index in [4.69, 9.17) is 10.2 Å². The second-order valence-corrected chi connectivity index (χ2v) is 4.47. The molecule has 0 bridgehead atoms. The summed E-state index contributed by atoms with van der Waals surface area (Å²) in [7, 11) is 0. The van der Waals surface area contributed by atoms with Crippen molar-refractivity contribution < 1.29 is 19.8 Å². The van der Waals surface area contributed by atoms with E-state index in [0.717, 1.165) is 6.42 Å². The van der Waals surface area contributed by atoms with Crippen molar-refractivity contribution in [2.24, 2.45) is 5.92 Å². The van der Waals surface area contributed by atoms with Gasteiger partial charge in [-0.2, -0.15) is 0 Å². The van der Waals surface area contributed by atoms with Crippen molar-refractivity contribution in [3.8, 4) is 0 Å². The van der Waals surface area contributed by atoms with E-state index in [1.54, 1.807) is 4.90 Å². The highest BCUT2D eigenvalue weighted by Crippen LogP contribution is 2.18. The SMILES string of the molecule is O=C(O)c1ccc(C(=O)N2CCC(CO)C2)cc1. The average Bonchev–Trinajstić information content (AvgIpc) is 2.86. The zero-order valence-electron chi connectivity index (χ0n) is 9.87. The van der Waals surface area contributed by atoms with Crippen LogP contribution in [-0.2, 0) is 0 Å². The van der Waals surface area contributed by atoms with Gasteiger partial charge in [-0.25, -0.2) is 4.79 Å². The smallest absolute Gasteiger partial charge is 0.335 e. The number of likely N-dealkylation sites (tertiary alicyclic amines) is 1. The Morgan fingerprint density at radius 2 is 1.83 bits per heavy atom. The molecule has 5 nitrogen and oxygen atoms in total. The molecular formula is C13H15NO4. The van der Waals surface area contributed by atoms with E-state index in [0.29, 0.717) is 18.7 Å². The van der Waals surface area contributed by atoms with Crippen molar-refractivity contribution in [3.63, 3.8) is 0 Å². The van der Waals surface area contributed by atoms with E-state index in [2.05, 4.69) is 0 Å². The van der Waals surface area contributed by atoms with E-state index >= 15 is 0 Å². The molecule has 1 aliphatic heterocycles. The predicted octanol–water partition coefficient (Wildman–Crippen LogP) is 0.839. The lowest BCUT2D eigenvalue weighted by molar-refractivity contribution is 0.0694. The molecular weight excluding hydrogens is 234 g/mol. The van der Waals surface area contributed by atoms with Crippen molar-refractivity contribution in [2.45, 2.75) is 6.42 Å². The Kier molecular flexibility index (Phi) is 3.62. The van der Waals surface area contributed by atoms with E-state index in [1.165, 1.54) is 24.3 Å². The Labute approximate surface area is 105 Å². The van der Waals surface area contributed by atoms with Gasteiger partial charge in [0, 0.05) is 31.2 Å². The van der Waals surface area contributed by atoms with Crippen LogP contribution in [0.1, 0.15) is 27.1 Å². The number of aliphatic hydroxyl groups excluding tert-OH is 1. The summed E-state index contributed by atoms with van der Waals surface area (Å²) in [6.45, 7) is 1.31. The zero-order valence-corrected chi connectivity index (χ0v) is 9.87. The lowest BCUT2D eigenvalue weighted by atomic mass is 10.1. The number of benzene rings is 1. The summed E-state index contributed by atoms with van der Waals surface area (Å²) in [5.41, 5.74) is 0.653. The number of aromatic carboxylic acids is 1. The molecule has 18 heavy (non-hydrogen) atoms. The molecule has 0 aliphatic carbocycles. The fourth-order valence-electron chi connectivity index (χ4n) is 2.10. The highest BCUT2D eigenvalue weighted by molar-refractivity contribution is 5.96. The fourth-order valence-corrected chi connectivity index (χ4v) is 2.10. The molecule has 1 unspecified atom stereocenters. The Balaban J connectivity index is 2.07. The first kappa shape index (κ1) is 12.6. The van der Waals surface area contributed by atoms with E-state index in [-0.39, 0.29) is 24.0 Å². The van der Waals surface area contributed by atoms with Crippen LogP contribution in [0.2, 0.25) is 0 Å². The quantitative estimate of drug-likeness (QED) is 0.832. The summed E-state index contributed by atoms with van der Waals surface area (Å²) in [6, 6.07) is 5.90. The van der Waals surface area contributed by atoms with Crippen LogP contribution in [0.15, 0.2) is 24.3 Å². The highest BCUT2D eigenvalue weighted by atomic mass is 16.4. The molecule has 0 saturated carbocycles. The number of hydrogen-bond donors (Lipinski definition) is 2. The summed E-state index contributed by atoms with van der Waals surface area (Å²) in [4.78, 5) is 24.5. The van der Waals surface area contributed by atoms with Crippen LogP contribution < -0.4 is 0 Å². The van der Waals surface area contributed by atoms with E-state index in [1.807, 2.05) is 0 Å². The van der Waals surface area contributed by atoms with Gasteiger partial charge in [0.05, 0.1) is 5.56 Å². The Hall–Kier alpha value is -1.88. The number of carboxylic acid groups (broad SMARTS) is 1. The van der Waals surface area contributed by atoms with E-state index < -0.39 is 5.97 Å². The number of nitrogens with zero attached hydrogens (tertiary/aromatic N) is 1. The third-order valence-corrected chi connectivity index (χ3v) is 3.21. The molecule has 1 amide bonds. The van der Waals surface area contributed by atoms with Gasteiger partial charge in [0.15, 0.2) is 0 Å². The van der Waals surface area contributed by atoms with Gasteiger partial charge in [-0.05, 0) is 30.7 Å². The van der Waals surface area contributed by atoms with Crippen LogP contribution in [0, 0.1) is 5.92 Å². The third kappa shape index (κ3) is 2.51. The maximum absolute atomic E-state index is 12.1. The minimum Gasteiger partial charge on any atom is -0.478 e. The molecule has 2 N–H and O–H groups in total. The molecule has 1 atom stereocenters. The number of carbonyl (C=O) groups is 2. The maximum Gasteiger partial charge on any atom is 0.335 e. The number of hydrogen-bond acceptors (Lipinski definition) is 3. The minimum atomic E-state index is -1.00. The molecule has 1 saturated heterocycles. The maximum atomic E-state index is 12.1. The van der Waals surface area contributed by atoms with Crippen molar-refractivity contribution in [2.75, 3.05) is 19.7 Å². The predicted molar refractivity (Wildman–Crippen MR) is 64.5 cm³/mol. The van der Waals surface area contributed by atoms with Gasteiger partial charge in [0.1, 0.15) is 0 Å². The monoisotopic (exact) mass is 249 g/mol.